The van der Waals surface area contributed by atoms with Gasteiger partial charge in [0.05, 0.1) is 0 Å². The highest BCUT2D eigenvalue weighted by atomic mass is 32.2. The van der Waals surface area contributed by atoms with Crippen molar-refractivity contribution in [1.82, 2.24) is 0 Å². The smallest absolute Gasteiger partial charge is 0.0268 e. The van der Waals surface area contributed by atoms with Gasteiger partial charge in [0.1, 0.15) is 0 Å². The third kappa shape index (κ3) is 1.85. The summed E-state index contributed by atoms with van der Waals surface area (Å²) in [6, 6.07) is 17.8. The number of rotatable bonds is 1. The van der Waals surface area contributed by atoms with Crippen molar-refractivity contribution in [3.8, 4) is 0 Å². The van der Waals surface area contributed by atoms with E-state index >= 15 is 0 Å². The zero-order valence-corrected chi connectivity index (χ0v) is 12.3. The molecule has 4 rings (SSSR count). The van der Waals surface area contributed by atoms with Crippen LogP contribution in [0.4, 0.5) is 0 Å². The van der Waals surface area contributed by atoms with E-state index in [-0.39, 0.29) is 0 Å². The van der Waals surface area contributed by atoms with Gasteiger partial charge in [-0.15, -0.1) is 0 Å². The number of benzene rings is 3. The second-order valence-corrected chi connectivity index (χ2v) is 6.45. The number of hydrogen-bond donors (Lipinski definition) is 0. The van der Waals surface area contributed by atoms with Crippen molar-refractivity contribution >= 4 is 45.5 Å². The van der Waals surface area contributed by atoms with E-state index in [1.165, 1.54) is 32.0 Å². The maximum absolute atomic E-state index is 2.41. The van der Waals surface area contributed by atoms with Crippen LogP contribution in [0.1, 0.15) is 6.42 Å². The first-order valence-corrected chi connectivity index (χ1v) is 8.30. The van der Waals surface area contributed by atoms with Gasteiger partial charge in [0, 0.05) is 5.25 Å². The Balaban J connectivity index is 2.12. The monoisotopic (exact) mass is 276 g/mol. The van der Waals surface area contributed by atoms with Gasteiger partial charge in [0.15, 0.2) is 0 Å². The summed E-state index contributed by atoms with van der Waals surface area (Å²) < 4.78 is 0. The van der Waals surface area contributed by atoms with Gasteiger partial charge in [-0.25, -0.2) is 0 Å². The Hall–Kier alpha value is -1.73. The number of fused-ring (bicyclic) bond motifs is 4. The normalized spacial score (nSPS) is 17.6. The van der Waals surface area contributed by atoms with Gasteiger partial charge in [0.2, 0.25) is 0 Å². The van der Waals surface area contributed by atoms with Crippen molar-refractivity contribution in [2.75, 3.05) is 6.26 Å². The molecule has 0 fully saturated rings. The van der Waals surface area contributed by atoms with Crippen LogP contribution in [0.3, 0.4) is 0 Å². The molecule has 1 aliphatic carbocycles. The summed E-state index contributed by atoms with van der Waals surface area (Å²) in [4.78, 5) is 0. The van der Waals surface area contributed by atoms with E-state index in [0.717, 1.165) is 6.42 Å². The van der Waals surface area contributed by atoms with Crippen molar-refractivity contribution in [3.05, 3.63) is 59.0 Å². The lowest BCUT2D eigenvalue weighted by Gasteiger charge is -2.12. The molecule has 0 aliphatic heterocycles. The first-order valence-electron chi connectivity index (χ1n) is 7.01. The van der Waals surface area contributed by atoms with Crippen LogP contribution in [0, 0.1) is 0 Å². The Morgan fingerprint density at radius 3 is 2.65 bits per heavy atom. The van der Waals surface area contributed by atoms with Crippen molar-refractivity contribution in [2.24, 2.45) is 0 Å². The average Bonchev–Trinajstić information content (AvgIpc) is 2.52. The highest BCUT2D eigenvalue weighted by Gasteiger charge is 2.07. The molecule has 0 amide bonds. The lowest BCUT2D eigenvalue weighted by Crippen LogP contribution is -2.29. The minimum absolute atomic E-state index is 0.625. The van der Waals surface area contributed by atoms with E-state index in [4.69, 9.17) is 0 Å². The predicted octanol–water partition coefficient (Wildman–Crippen LogP) is 3.69. The molecule has 3 aromatic carbocycles. The summed E-state index contributed by atoms with van der Waals surface area (Å²) in [6.45, 7) is 0. The molecule has 0 N–H and O–H groups in total. The Morgan fingerprint density at radius 2 is 1.75 bits per heavy atom. The fourth-order valence-corrected chi connectivity index (χ4v) is 3.66. The highest BCUT2D eigenvalue weighted by Crippen LogP contribution is 2.23. The third-order valence-corrected chi connectivity index (χ3v) is 5.12. The predicted molar refractivity (Wildman–Crippen MR) is 91.6 cm³/mol. The molecule has 0 radical (unpaired) electrons. The summed E-state index contributed by atoms with van der Waals surface area (Å²) in [6.07, 6.45) is 8.13. The molecular weight excluding hydrogens is 260 g/mol. The molecule has 0 heterocycles. The molecule has 1 atom stereocenters. The summed E-state index contributed by atoms with van der Waals surface area (Å²) in [5.41, 5.74) is 0. The summed E-state index contributed by atoms with van der Waals surface area (Å²) >= 11 is 1.93. The summed E-state index contributed by atoms with van der Waals surface area (Å²) in [7, 11) is 0. The number of hydrogen-bond acceptors (Lipinski definition) is 1. The SMILES string of the molecule is CSC1C=c2cc3ccc4ccccc4c3cc2=CC1. The molecule has 0 saturated heterocycles. The van der Waals surface area contributed by atoms with E-state index in [1.54, 1.807) is 0 Å². The van der Waals surface area contributed by atoms with Crippen LogP contribution in [-0.2, 0) is 0 Å². The summed E-state index contributed by atoms with van der Waals surface area (Å²) in [5.74, 6) is 0. The van der Waals surface area contributed by atoms with Crippen LogP contribution in [0.25, 0.3) is 33.7 Å². The van der Waals surface area contributed by atoms with Crippen molar-refractivity contribution in [1.29, 1.82) is 0 Å². The van der Waals surface area contributed by atoms with Gasteiger partial charge in [0.25, 0.3) is 0 Å². The van der Waals surface area contributed by atoms with Crippen LogP contribution in [0.5, 0.6) is 0 Å². The topological polar surface area (TPSA) is 0 Å². The van der Waals surface area contributed by atoms with Gasteiger partial charge >= 0.3 is 0 Å². The minimum Gasteiger partial charge on any atom is -0.157 e. The van der Waals surface area contributed by atoms with Crippen LogP contribution < -0.4 is 10.4 Å². The van der Waals surface area contributed by atoms with E-state index in [9.17, 15) is 0 Å². The highest BCUT2D eigenvalue weighted by molar-refractivity contribution is 7.99. The molecule has 3 aromatic rings. The molecule has 0 aromatic heterocycles. The van der Waals surface area contributed by atoms with Crippen molar-refractivity contribution in [3.63, 3.8) is 0 Å². The Kier molecular flexibility index (Phi) is 2.82. The Morgan fingerprint density at radius 1 is 0.900 bits per heavy atom. The third-order valence-electron chi connectivity index (χ3n) is 4.19. The average molecular weight is 276 g/mol. The molecule has 0 spiro atoms. The lowest BCUT2D eigenvalue weighted by molar-refractivity contribution is 1.14. The van der Waals surface area contributed by atoms with Gasteiger partial charge < -0.3 is 0 Å². The standard InChI is InChI=1S/C19H16S/c1-20-17-9-8-14-12-19-15(10-16(14)11-17)7-6-13-4-2-3-5-18(13)19/h2-8,10-12,17H,9H2,1H3. The summed E-state index contributed by atoms with van der Waals surface area (Å²) in [5, 5.41) is 8.79. The van der Waals surface area contributed by atoms with Gasteiger partial charge in [-0.2, -0.15) is 11.8 Å². The molecule has 1 unspecified atom stereocenters. The van der Waals surface area contributed by atoms with Gasteiger partial charge in [-0.05, 0) is 56.8 Å². The molecule has 1 aliphatic rings. The molecule has 98 valence electrons. The molecule has 0 saturated carbocycles. The van der Waals surface area contributed by atoms with Crippen LogP contribution in [-0.4, -0.2) is 11.5 Å². The molecule has 0 nitrogen and oxygen atoms in total. The quantitative estimate of drug-likeness (QED) is 0.611. The maximum atomic E-state index is 2.41. The molecule has 1 heteroatoms. The zero-order chi connectivity index (χ0) is 13.5. The van der Waals surface area contributed by atoms with Gasteiger partial charge in [-0.3, -0.25) is 0 Å². The zero-order valence-electron chi connectivity index (χ0n) is 11.5. The van der Waals surface area contributed by atoms with Crippen molar-refractivity contribution < 1.29 is 0 Å². The maximum Gasteiger partial charge on any atom is 0.0268 e. The van der Waals surface area contributed by atoms with Crippen molar-refractivity contribution in [2.45, 2.75) is 11.7 Å². The van der Waals surface area contributed by atoms with E-state index in [1.807, 2.05) is 11.8 Å². The fraction of sp³-hybridized carbons (Fsp3) is 0.158. The van der Waals surface area contributed by atoms with Crippen LogP contribution in [0.15, 0.2) is 48.5 Å². The second-order valence-electron chi connectivity index (χ2n) is 5.37. The van der Waals surface area contributed by atoms with E-state index in [2.05, 4.69) is 66.9 Å². The lowest BCUT2D eigenvalue weighted by atomic mass is 9.98. The Labute approximate surface area is 122 Å². The Bertz CT molecular complexity index is 922. The fourth-order valence-electron chi connectivity index (χ4n) is 3.09. The number of thioether (sulfide) groups is 1. The molecule has 0 bridgehead atoms. The van der Waals surface area contributed by atoms with Crippen LogP contribution >= 0.6 is 11.8 Å². The second kappa shape index (κ2) is 4.68. The van der Waals surface area contributed by atoms with E-state index < -0.39 is 0 Å². The van der Waals surface area contributed by atoms with Gasteiger partial charge in [-0.1, -0.05) is 48.6 Å². The molecular formula is C19H16S. The largest absolute Gasteiger partial charge is 0.157 e. The minimum atomic E-state index is 0.625. The first kappa shape index (κ1) is 12.0. The van der Waals surface area contributed by atoms with Crippen LogP contribution in [0.2, 0.25) is 0 Å². The first-order chi connectivity index (χ1) is 9.85. The molecule has 20 heavy (non-hydrogen) atoms. The van der Waals surface area contributed by atoms with E-state index in [0.29, 0.717) is 5.25 Å².